The summed E-state index contributed by atoms with van der Waals surface area (Å²) in [6.07, 6.45) is 2.65. The van der Waals surface area contributed by atoms with Crippen LogP contribution < -0.4 is 10.6 Å². The van der Waals surface area contributed by atoms with Crippen molar-refractivity contribution in [2.75, 3.05) is 25.0 Å². The Bertz CT molecular complexity index is 346. The third-order valence-electron chi connectivity index (χ3n) is 3.15. The van der Waals surface area contributed by atoms with Gasteiger partial charge in [-0.1, -0.05) is 15.9 Å². The molecule has 1 aliphatic rings. The van der Waals surface area contributed by atoms with E-state index in [2.05, 4.69) is 51.7 Å². The molecule has 1 aromatic carbocycles. The van der Waals surface area contributed by atoms with Crippen molar-refractivity contribution in [3.05, 3.63) is 28.2 Å². The van der Waals surface area contributed by atoms with E-state index in [-0.39, 0.29) is 0 Å². The maximum atomic E-state index is 3.52. The SMILES string of the molecule is Cc1cc(NCC2CCCNC2)ccc1Br. The molecule has 3 heteroatoms. The molecule has 88 valence electrons. The van der Waals surface area contributed by atoms with Gasteiger partial charge in [0.25, 0.3) is 0 Å². The fraction of sp³-hybridized carbons (Fsp3) is 0.538. The number of anilines is 1. The van der Waals surface area contributed by atoms with Crippen LogP contribution in [0, 0.1) is 12.8 Å². The average molecular weight is 283 g/mol. The summed E-state index contributed by atoms with van der Waals surface area (Å²) >= 11 is 3.52. The summed E-state index contributed by atoms with van der Waals surface area (Å²) in [5, 5.41) is 6.97. The standard InChI is InChI=1S/C13H19BrN2/c1-10-7-12(4-5-13(10)14)16-9-11-3-2-6-15-8-11/h4-5,7,11,15-16H,2-3,6,8-9H2,1H3. The second kappa shape index (κ2) is 5.69. The highest BCUT2D eigenvalue weighted by atomic mass is 79.9. The Morgan fingerprint density at radius 1 is 1.50 bits per heavy atom. The molecular formula is C13H19BrN2. The lowest BCUT2D eigenvalue weighted by atomic mass is 10.00. The molecule has 0 aliphatic carbocycles. The third kappa shape index (κ3) is 3.22. The van der Waals surface area contributed by atoms with E-state index in [0.29, 0.717) is 0 Å². The minimum atomic E-state index is 0.776. The van der Waals surface area contributed by atoms with Crippen LogP contribution in [0.5, 0.6) is 0 Å². The summed E-state index contributed by atoms with van der Waals surface area (Å²) < 4.78 is 1.18. The van der Waals surface area contributed by atoms with Gasteiger partial charge in [-0.3, -0.25) is 0 Å². The largest absolute Gasteiger partial charge is 0.385 e. The maximum Gasteiger partial charge on any atom is 0.0343 e. The molecule has 1 aliphatic heterocycles. The highest BCUT2D eigenvalue weighted by molar-refractivity contribution is 9.10. The van der Waals surface area contributed by atoms with Crippen molar-refractivity contribution in [2.45, 2.75) is 19.8 Å². The zero-order chi connectivity index (χ0) is 11.4. The zero-order valence-electron chi connectivity index (χ0n) is 9.72. The van der Waals surface area contributed by atoms with Crippen LogP contribution in [0.4, 0.5) is 5.69 Å². The summed E-state index contributed by atoms with van der Waals surface area (Å²) in [7, 11) is 0. The highest BCUT2D eigenvalue weighted by Gasteiger charge is 2.12. The molecule has 0 bridgehead atoms. The second-order valence-electron chi connectivity index (χ2n) is 4.56. The van der Waals surface area contributed by atoms with Gasteiger partial charge < -0.3 is 10.6 Å². The van der Waals surface area contributed by atoms with Crippen LogP contribution in [0.1, 0.15) is 18.4 Å². The fourth-order valence-corrected chi connectivity index (χ4v) is 2.36. The molecule has 2 N–H and O–H groups in total. The van der Waals surface area contributed by atoms with Crippen LogP contribution in [-0.2, 0) is 0 Å². The Morgan fingerprint density at radius 3 is 3.06 bits per heavy atom. The van der Waals surface area contributed by atoms with E-state index in [1.165, 1.54) is 35.1 Å². The van der Waals surface area contributed by atoms with Gasteiger partial charge >= 0.3 is 0 Å². The molecule has 0 radical (unpaired) electrons. The topological polar surface area (TPSA) is 24.1 Å². The average Bonchev–Trinajstić information content (AvgIpc) is 2.32. The Hall–Kier alpha value is -0.540. The predicted octanol–water partition coefficient (Wildman–Crippen LogP) is 3.17. The first-order valence-electron chi connectivity index (χ1n) is 5.96. The minimum Gasteiger partial charge on any atom is -0.385 e. The number of nitrogens with one attached hydrogen (secondary N) is 2. The fourth-order valence-electron chi connectivity index (χ4n) is 2.12. The van der Waals surface area contributed by atoms with Gasteiger partial charge in [0.05, 0.1) is 0 Å². The van der Waals surface area contributed by atoms with E-state index in [1.54, 1.807) is 0 Å². The number of piperidine rings is 1. The van der Waals surface area contributed by atoms with Gasteiger partial charge in [0.15, 0.2) is 0 Å². The Kier molecular flexibility index (Phi) is 4.24. The highest BCUT2D eigenvalue weighted by Crippen LogP contribution is 2.20. The molecular weight excluding hydrogens is 264 g/mol. The molecule has 1 heterocycles. The van der Waals surface area contributed by atoms with Crippen molar-refractivity contribution < 1.29 is 0 Å². The monoisotopic (exact) mass is 282 g/mol. The predicted molar refractivity (Wildman–Crippen MR) is 73.0 cm³/mol. The molecule has 0 aromatic heterocycles. The number of rotatable bonds is 3. The van der Waals surface area contributed by atoms with Crippen molar-refractivity contribution in [1.29, 1.82) is 0 Å². The minimum absolute atomic E-state index is 0.776. The maximum absolute atomic E-state index is 3.52. The normalized spacial score (nSPS) is 20.8. The molecule has 1 aromatic rings. The van der Waals surface area contributed by atoms with Gasteiger partial charge in [0.2, 0.25) is 0 Å². The molecule has 16 heavy (non-hydrogen) atoms. The molecule has 0 amide bonds. The smallest absolute Gasteiger partial charge is 0.0343 e. The van der Waals surface area contributed by atoms with Crippen LogP contribution in [0.25, 0.3) is 0 Å². The third-order valence-corrected chi connectivity index (χ3v) is 4.04. The summed E-state index contributed by atoms with van der Waals surface area (Å²) in [4.78, 5) is 0. The second-order valence-corrected chi connectivity index (χ2v) is 5.41. The summed E-state index contributed by atoms with van der Waals surface area (Å²) in [6.45, 7) is 5.54. The molecule has 0 spiro atoms. The lowest BCUT2D eigenvalue weighted by Gasteiger charge is -2.23. The van der Waals surface area contributed by atoms with E-state index in [9.17, 15) is 0 Å². The van der Waals surface area contributed by atoms with Gasteiger partial charge in [-0.25, -0.2) is 0 Å². The molecule has 1 unspecified atom stereocenters. The molecule has 2 rings (SSSR count). The van der Waals surface area contributed by atoms with Gasteiger partial charge in [-0.2, -0.15) is 0 Å². The Labute approximate surface area is 106 Å². The number of benzene rings is 1. The van der Waals surface area contributed by atoms with Crippen LogP contribution in [0.2, 0.25) is 0 Å². The van der Waals surface area contributed by atoms with Crippen molar-refractivity contribution in [1.82, 2.24) is 5.32 Å². The van der Waals surface area contributed by atoms with Gasteiger partial charge in [0, 0.05) is 16.7 Å². The first-order valence-corrected chi connectivity index (χ1v) is 6.76. The zero-order valence-corrected chi connectivity index (χ0v) is 11.3. The van der Waals surface area contributed by atoms with Gasteiger partial charge in [-0.15, -0.1) is 0 Å². The van der Waals surface area contributed by atoms with Crippen LogP contribution >= 0.6 is 15.9 Å². The van der Waals surface area contributed by atoms with Crippen LogP contribution in [0.15, 0.2) is 22.7 Å². The van der Waals surface area contributed by atoms with Crippen molar-refractivity contribution in [3.8, 4) is 0 Å². The first kappa shape index (κ1) is 11.9. The summed E-state index contributed by atoms with van der Waals surface area (Å²) in [5.74, 6) is 0.776. The van der Waals surface area contributed by atoms with Crippen molar-refractivity contribution >= 4 is 21.6 Å². The Balaban J connectivity index is 1.86. The van der Waals surface area contributed by atoms with E-state index < -0.39 is 0 Å². The quantitative estimate of drug-likeness (QED) is 0.890. The molecule has 0 saturated carbocycles. The lowest BCUT2D eigenvalue weighted by molar-refractivity contribution is 0.393. The molecule has 1 saturated heterocycles. The summed E-state index contributed by atoms with van der Waals surface area (Å²) in [6, 6.07) is 6.43. The summed E-state index contributed by atoms with van der Waals surface area (Å²) in [5.41, 5.74) is 2.51. The Morgan fingerprint density at radius 2 is 2.38 bits per heavy atom. The van der Waals surface area contributed by atoms with E-state index in [0.717, 1.165) is 19.0 Å². The van der Waals surface area contributed by atoms with Crippen molar-refractivity contribution in [2.24, 2.45) is 5.92 Å². The van der Waals surface area contributed by atoms with E-state index in [1.807, 2.05) is 0 Å². The van der Waals surface area contributed by atoms with E-state index in [4.69, 9.17) is 0 Å². The first-order chi connectivity index (χ1) is 7.75. The lowest BCUT2D eigenvalue weighted by Crippen LogP contribution is -2.33. The molecule has 1 atom stereocenters. The number of hydrogen-bond donors (Lipinski definition) is 2. The molecule has 1 fully saturated rings. The number of hydrogen-bond acceptors (Lipinski definition) is 2. The van der Waals surface area contributed by atoms with Gasteiger partial charge in [0.1, 0.15) is 0 Å². The van der Waals surface area contributed by atoms with E-state index >= 15 is 0 Å². The van der Waals surface area contributed by atoms with Crippen LogP contribution in [-0.4, -0.2) is 19.6 Å². The van der Waals surface area contributed by atoms with Gasteiger partial charge in [-0.05, 0) is 62.5 Å². The van der Waals surface area contributed by atoms with Crippen LogP contribution in [0.3, 0.4) is 0 Å². The molecule has 2 nitrogen and oxygen atoms in total. The van der Waals surface area contributed by atoms with Crippen molar-refractivity contribution in [3.63, 3.8) is 0 Å². The number of aryl methyl sites for hydroxylation is 1. The number of halogens is 1.